The lowest BCUT2D eigenvalue weighted by Crippen LogP contribution is -2.25. The van der Waals surface area contributed by atoms with Crippen LogP contribution in [-0.2, 0) is 13.0 Å². The molecule has 4 rings (SSSR count). The van der Waals surface area contributed by atoms with E-state index in [2.05, 4.69) is 51.8 Å². The molecule has 5 nitrogen and oxygen atoms in total. The molecular weight excluding hydrogens is 360 g/mol. The van der Waals surface area contributed by atoms with Gasteiger partial charge in [0.25, 0.3) is 5.91 Å². The normalized spacial score (nSPS) is 10.8. The third-order valence-corrected chi connectivity index (χ3v) is 5.10. The van der Waals surface area contributed by atoms with Gasteiger partial charge in [0, 0.05) is 42.6 Å². The number of aryl methyl sites for hydroxylation is 1. The minimum Gasteiger partial charge on any atom is -0.380 e. The Morgan fingerprint density at radius 1 is 1.03 bits per heavy atom. The highest BCUT2D eigenvalue weighted by molar-refractivity contribution is 5.94. The Morgan fingerprint density at radius 3 is 2.76 bits per heavy atom. The maximum Gasteiger partial charge on any atom is 0.252 e. The average molecular weight is 384 g/mol. The molecule has 0 aliphatic carbocycles. The number of benzene rings is 2. The third kappa shape index (κ3) is 4.46. The number of hydrogen-bond acceptors (Lipinski definition) is 3. The van der Waals surface area contributed by atoms with Crippen molar-refractivity contribution in [3.63, 3.8) is 0 Å². The molecule has 146 valence electrons. The van der Waals surface area contributed by atoms with Gasteiger partial charge >= 0.3 is 0 Å². The van der Waals surface area contributed by atoms with Crippen LogP contribution in [0.15, 0.2) is 73.2 Å². The molecule has 29 heavy (non-hydrogen) atoms. The molecule has 0 radical (unpaired) electrons. The van der Waals surface area contributed by atoms with Crippen molar-refractivity contribution in [2.45, 2.75) is 19.9 Å². The molecule has 2 heterocycles. The van der Waals surface area contributed by atoms with Crippen LogP contribution in [0.25, 0.3) is 10.9 Å². The van der Waals surface area contributed by atoms with Gasteiger partial charge in [-0.2, -0.15) is 0 Å². The summed E-state index contributed by atoms with van der Waals surface area (Å²) in [4.78, 5) is 20.0. The number of aromatic nitrogens is 2. The van der Waals surface area contributed by atoms with Crippen molar-refractivity contribution < 1.29 is 4.79 Å². The van der Waals surface area contributed by atoms with Crippen molar-refractivity contribution >= 4 is 22.5 Å². The average Bonchev–Trinajstić information content (AvgIpc) is 3.16. The molecule has 5 heteroatoms. The molecule has 0 aliphatic heterocycles. The molecule has 0 aliphatic rings. The lowest BCUT2D eigenvalue weighted by atomic mass is 10.1. The van der Waals surface area contributed by atoms with Gasteiger partial charge in [0.05, 0.1) is 11.3 Å². The summed E-state index contributed by atoms with van der Waals surface area (Å²) in [7, 11) is 0. The molecular formula is C24H24N4O. The second kappa shape index (κ2) is 8.61. The van der Waals surface area contributed by atoms with E-state index >= 15 is 0 Å². The number of hydrogen-bond donors (Lipinski definition) is 3. The zero-order valence-corrected chi connectivity index (χ0v) is 16.4. The standard InChI is InChI=1S/C24H24N4O/c1-17-6-2-3-7-18(17)14-27-21-12-20(13-25-16-21)24(29)26-11-10-19-15-28-23-9-5-4-8-22(19)23/h2-9,12-13,15-16,27-28H,10-11,14H2,1H3,(H,26,29). The second-order valence-electron chi connectivity index (χ2n) is 7.11. The first-order valence-corrected chi connectivity index (χ1v) is 9.77. The van der Waals surface area contributed by atoms with Crippen LogP contribution in [0.3, 0.4) is 0 Å². The number of fused-ring (bicyclic) bond motifs is 1. The lowest BCUT2D eigenvalue weighted by Gasteiger charge is -2.10. The van der Waals surface area contributed by atoms with E-state index in [1.54, 1.807) is 12.4 Å². The molecule has 0 bridgehead atoms. The number of H-pyrrole nitrogens is 1. The van der Waals surface area contributed by atoms with E-state index in [0.717, 1.165) is 17.6 Å². The number of carbonyl (C=O) groups is 1. The van der Waals surface area contributed by atoms with Crippen molar-refractivity contribution in [3.8, 4) is 0 Å². The van der Waals surface area contributed by atoms with Crippen LogP contribution in [-0.4, -0.2) is 22.4 Å². The Bertz CT molecular complexity index is 1130. The van der Waals surface area contributed by atoms with Crippen molar-refractivity contribution in [1.29, 1.82) is 0 Å². The van der Waals surface area contributed by atoms with Crippen LogP contribution in [0.4, 0.5) is 5.69 Å². The van der Waals surface area contributed by atoms with Gasteiger partial charge in [0.15, 0.2) is 0 Å². The summed E-state index contributed by atoms with van der Waals surface area (Å²) in [6.45, 7) is 3.36. The second-order valence-corrected chi connectivity index (χ2v) is 7.11. The number of carbonyl (C=O) groups excluding carboxylic acids is 1. The number of aromatic amines is 1. The Kier molecular flexibility index (Phi) is 5.56. The van der Waals surface area contributed by atoms with Gasteiger partial charge in [-0.1, -0.05) is 42.5 Å². The third-order valence-electron chi connectivity index (χ3n) is 5.10. The molecule has 2 aromatic carbocycles. The highest BCUT2D eigenvalue weighted by Gasteiger charge is 2.08. The number of rotatable bonds is 7. The monoisotopic (exact) mass is 384 g/mol. The number of nitrogens with zero attached hydrogens (tertiary/aromatic N) is 1. The summed E-state index contributed by atoms with van der Waals surface area (Å²) in [6, 6.07) is 18.3. The Hall–Kier alpha value is -3.60. The van der Waals surface area contributed by atoms with Crippen LogP contribution in [0.2, 0.25) is 0 Å². The molecule has 4 aromatic rings. The number of para-hydroxylation sites is 1. The number of anilines is 1. The van der Waals surface area contributed by atoms with Gasteiger partial charge in [-0.05, 0) is 42.2 Å². The van der Waals surface area contributed by atoms with Crippen LogP contribution >= 0.6 is 0 Å². The lowest BCUT2D eigenvalue weighted by molar-refractivity contribution is 0.0954. The smallest absolute Gasteiger partial charge is 0.252 e. The molecule has 1 amide bonds. The van der Waals surface area contributed by atoms with Gasteiger partial charge in [-0.3, -0.25) is 9.78 Å². The summed E-state index contributed by atoms with van der Waals surface area (Å²) in [6.07, 6.45) is 6.11. The van der Waals surface area contributed by atoms with Gasteiger partial charge in [-0.25, -0.2) is 0 Å². The minimum atomic E-state index is -0.114. The number of amides is 1. The predicted octanol–water partition coefficient (Wildman–Crippen LogP) is 4.46. The van der Waals surface area contributed by atoms with Crippen LogP contribution in [0.5, 0.6) is 0 Å². The molecule has 0 saturated heterocycles. The Morgan fingerprint density at radius 2 is 1.86 bits per heavy atom. The summed E-state index contributed by atoms with van der Waals surface area (Å²) < 4.78 is 0. The van der Waals surface area contributed by atoms with E-state index in [9.17, 15) is 4.79 Å². The quantitative estimate of drug-likeness (QED) is 0.441. The largest absolute Gasteiger partial charge is 0.380 e. The number of pyridine rings is 1. The van der Waals surface area contributed by atoms with Gasteiger partial charge < -0.3 is 15.6 Å². The maximum atomic E-state index is 12.5. The zero-order chi connectivity index (χ0) is 20.1. The molecule has 0 fully saturated rings. The van der Waals surface area contributed by atoms with Crippen LogP contribution < -0.4 is 10.6 Å². The summed E-state index contributed by atoms with van der Waals surface area (Å²) in [5.74, 6) is -0.114. The molecule has 0 saturated carbocycles. The highest BCUT2D eigenvalue weighted by Crippen LogP contribution is 2.18. The SMILES string of the molecule is Cc1ccccc1CNc1cncc(C(=O)NCCc2c[nH]c3ccccc23)c1. The van der Waals surface area contributed by atoms with Crippen molar-refractivity contribution in [3.05, 3.63) is 95.4 Å². The van der Waals surface area contributed by atoms with Gasteiger partial charge in [0.2, 0.25) is 0 Å². The Balaban J connectivity index is 1.34. The first kappa shape index (κ1) is 18.7. The van der Waals surface area contributed by atoms with Crippen molar-refractivity contribution in [2.24, 2.45) is 0 Å². The van der Waals surface area contributed by atoms with E-state index in [1.165, 1.54) is 22.1 Å². The zero-order valence-electron chi connectivity index (χ0n) is 16.4. The first-order chi connectivity index (χ1) is 14.2. The molecule has 3 N–H and O–H groups in total. The van der Waals surface area contributed by atoms with Gasteiger partial charge in [0.1, 0.15) is 0 Å². The first-order valence-electron chi connectivity index (χ1n) is 9.77. The van der Waals surface area contributed by atoms with E-state index in [4.69, 9.17) is 0 Å². The summed E-state index contributed by atoms with van der Waals surface area (Å²) >= 11 is 0. The maximum absolute atomic E-state index is 12.5. The fourth-order valence-electron chi connectivity index (χ4n) is 3.42. The van der Waals surface area contributed by atoms with Crippen molar-refractivity contribution in [1.82, 2.24) is 15.3 Å². The fourth-order valence-corrected chi connectivity index (χ4v) is 3.42. The van der Waals surface area contributed by atoms with E-state index in [1.807, 2.05) is 36.5 Å². The predicted molar refractivity (Wildman–Crippen MR) is 117 cm³/mol. The number of nitrogens with one attached hydrogen (secondary N) is 3. The highest BCUT2D eigenvalue weighted by atomic mass is 16.1. The summed E-state index contributed by atoms with van der Waals surface area (Å²) in [5, 5.41) is 7.54. The van der Waals surface area contributed by atoms with E-state index in [-0.39, 0.29) is 5.91 Å². The summed E-state index contributed by atoms with van der Waals surface area (Å²) in [5.41, 5.74) is 6.16. The molecule has 0 atom stereocenters. The fraction of sp³-hybridized carbons (Fsp3) is 0.167. The van der Waals surface area contributed by atoms with Crippen LogP contribution in [0, 0.1) is 6.92 Å². The minimum absolute atomic E-state index is 0.114. The van der Waals surface area contributed by atoms with Crippen LogP contribution in [0.1, 0.15) is 27.0 Å². The van der Waals surface area contributed by atoms with E-state index in [0.29, 0.717) is 18.7 Å². The Labute approximate surface area is 170 Å². The van der Waals surface area contributed by atoms with Gasteiger partial charge in [-0.15, -0.1) is 0 Å². The molecule has 0 unspecified atom stereocenters. The molecule has 0 spiro atoms. The van der Waals surface area contributed by atoms with E-state index < -0.39 is 0 Å². The topological polar surface area (TPSA) is 69.8 Å². The van der Waals surface area contributed by atoms with Crippen molar-refractivity contribution in [2.75, 3.05) is 11.9 Å². The molecule has 2 aromatic heterocycles.